The maximum Gasteiger partial charge on any atom is 0.410 e. The Bertz CT molecular complexity index is 496. The molecule has 1 saturated heterocycles. The summed E-state index contributed by atoms with van der Waals surface area (Å²) in [7, 11) is 0. The quantitative estimate of drug-likeness (QED) is 0.523. The van der Waals surface area contributed by atoms with E-state index in [0.29, 0.717) is 19.0 Å². The third-order valence-electron chi connectivity index (χ3n) is 4.82. The van der Waals surface area contributed by atoms with Crippen LogP contribution in [0.4, 0.5) is 4.79 Å². The molecule has 2 rings (SSSR count). The molecule has 1 aliphatic heterocycles. The van der Waals surface area contributed by atoms with Crippen molar-refractivity contribution in [3.05, 3.63) is 0 Å². The lowest BCUT2D eigenvalue weighted by atomic mass is 10.0. The summed E-state index contributed by atoms with van der Waals surface area (Å²) in [5, 5.41) is 17.2. The summed E-state index contributed by atoms with van der Waals surface area (Å²) in [6.45, 7) is 10.2. The molecule has 0 radical (unpaired) electrons. The first kappa shape index (κ1) is 20.8. The van der Waals surface area contributed by atoms with Gasteiger partial charge in [-0.15, -0.1) is 0 Å². The lowest BCUT2D eigenvalue weighted by Gasteiger charge is -2.35. The van der Waals surface area contributed by atoms with E-state index in [4.69, 9.17) is 4.74 Å². The Morgan fingerprint density at radius 2 is 2.00 bits per heavy atom. The number of piperidine rings is 1. The van der Waals surface area contributed by atoms with Crippen molar-refractivity contribution < 1.29 is 14.6 Å². The monoisotopic (exact) mass is 368 g/mol. The predicted octanol–water partition coefficient (Wildman–Crippen LogP) is 2.25. The highest BCUT2D eigenvalue weighted by Crippen LogP contribution is 2.29. The largest absolute Gasteiger partial charge is 0.444 e. The standard InChI is InChI=1S/C19H36N4O3/c1-5-20-16(21-14-19(25)10-6-7-11-19)22-15-9-8-12-23(13-15)17(24)26-18(2,3)4/h15,25H,5-14H2,1-4H3,(H2,20,21,22). The molecule has 7 heteroatoms. The van der Waals surface area contributed by atoms with Crippen molar-refractivity contribution in [2.75, 3.05) is 26.2 Å². The number of hydrogen-bond donors (Lipinski definition) is 3. The average Bonchev–Trinajstić information content (AvgIpc) is 2.99. The topological polar surface area (TPSA) is 86.2 Å². The van der Waals surface area contributed by atoms with Crippen molar-refractivity contribution in [2.24, 2.45) is 4.99 Å². The van der Waals surface area contributed by atoms with Crippen molar-refractivity contribution in [1.82, 2.24) is 15.5 Å². The van der Waals surface area contributed by atoms with Gasteiger partial charge in [0.1, 0.15) is 5.60 Å². The molecule has 2 fully saturated rings. The van der Waals surface area contributed by atoms with E-state index in [9.17, 15) is 9.90 Å². The molecule has 1 heterocycles. The number of rotatable bonds is 4. The van der Waals surface area contributed by atoms with Crippen LogP contribution in [0, 0.1) is 0 Å². The van der Waals surface area contributed by atoms with Crippen LogP contribution in [0.2, 0.25) is 0 Å². The van der Waals surface area contributed by atoms with Gasteiger partial charge in [0.25, 0.3) is 0 Å². The van der Waals surface area contributed by atoms with Gasteiger partial charge in [0.15, 0.2) is 5.96 Å². The zero-order chi connectivity index (χ0) is 19.2. The molecular weight excluding hydrogens is 332 g/mol. The zero-order valence-electron chi connectivity index (χ0n) is 16.8. The fourth-order valence-electron chi connectivity index (χ4n) is 3.52. The molecule has 1 unspecified atom stereocenters. The van der Waals surface area contributed by atoms with Gasteiger partial charge in [0.2, 0.25) is 0 Å². The Kier molecular flexibility index (Phi) is 7.15. The van der Waals surface area contributed by atoms with Crippen molar-refractivity contribution in [3.63, 3.8) is 0 Å². The van der Waals surface area contributed by atoms with E-state index in [-0.39, 0.29) is 12.1 Å². The molecule has 0 bridgehead atoms. The normalized spacial score (nSPS) is 23.7. The van der Waals surface area contributed by atoms with E-state index in [1.807, 2.05) is 27.7 Å². The summed E-state index contributed by atoms with van der Waals surface area (Å²) in [6.07, 6.45) is 5.45. The van der Waals surface area contributed by atoms with E-state index in [0.717, 1.165) is 51.6 Å². The molecule has 0 aromatic carbocycles. The predicted molar refractivity (Wildman–Crippen MR) is 103 cm³/mol. The minimum Gasteiger partial charge on any atom is -0.444 e. The van der Waals surface area contributed by atoms with Gasteiger partial charge in [-0.3, -0.25) is 4.99 Å². The van der Waals surface area contributed by atoms with Gasteiger partial charge in [-0.1, -0.05) is 12.8 Å². The number of aliphatic hydroxyl groups is 1. The number of carbonyl (C=O) groups excluding carboxylic acids is 1. The van der Waals surface area contributed by atoms with Crippen LogP contribution < -0.4 is 10.6 Å². The molecule has 1 atom stereocenters. The van der Waals surface area contributed by atoms with Crippen LogP contribution in [-0.4, -0.2) is 65.5 Å². The van der Waals surface area contributed by atoms with Crippen LogP contribution in [-0.2, 0) is 4.74 Å². The molecule has 0 aromatic rings. The summed E-state index contributed by atoms with van der Waals surface area (Å²) in [5.74, 6) is 0.712. The maximum atomic E-state index is 12.3. The average molecular weight is 369 g/mol. The summed E-state index contributed by atoms with van der Waals surface area (Å²) in [6, 6.07) is 0.132. The Balaban J connectivity index is 1.91. The molecule has 0 aromatic heterocycles. The number of aliphatic imine (C=N–C) groups is 1. The second kappa shape index (κ2) is 8.93. The van der Waals surface area contributed by atoms with Crippen LogP contribution in [0.1, 0.15) is 66.2 Å². The molecular formula is C19H36N4O3. The molecule has 2 aliphatic rings. The van der Waals surface area contributed by atoms with Crippen LogP contribution >= 0.6 is 0 Å². The van der Waals surface area contributed by atoms with Gasteiger partial charge in [0.05, 0.1) is 12.1 Å². The molecule has 1 amide bonds. The van der Waals surface area contributed by atoms with E-state index in [1.54, 1.807) is 4.90 Å². The first-order valence-corrected chi connectivity index (χ1v) is 9.96. The number of amides is 1. The molecule has 1 aliphatic carbocycles. The molecule has 3 N–H and O–H groups in total. The molecule has 26 heavy (non-hydrogen) atoms. The van der Waals surface area contributed by atoms with Crippen molar-refractivity contribution in [2.45, 2.75) is 83.5 Å². The highest BCUT2D eigenvalue weighted by Gasteiger charge is 2.31. The van der Waals surface area contributed by atoms with Crippen LogP contribution in [0.5, 0.6) is 0 Å². The number of guanidine groups is 1. The third kappa shape index (κ3) is 6.67. The second-order valence-corrected chi connectivity index (χ2v) is 8.54. The lowest BCUT2D eigenvalue weighted by molar-refractivity contribution is 0.0193. The Morgan fingerprint density at radius 1 is 1.31 bits per heavy atom. The number of likely N-dealkylation sites (tertiary alicyclic amines) is 1. The Hall–Kier alpha value is -1.50. The highest BCUT2D eigenvalue weighted by molar-refractivity contribution is 5.80. The summed E-state index contributed by atoms with van der Waals surface area (Å²) < 4.78 is 5.49. The number of carbonyl (C=O) groups is 1. The SMILES string of the molecule is CCNC(=NCC1(O)CCCC1)NC1CCCN(C(=O)OC(C)(C)C)C1. The van der Waals surface area contributed by atoms with Gasteiger partial charge in [0, 0.05) is 25.7 Å². The highest BCUT2D eigenvalue weighted by atomic mass is 16.6. The van der Waals surface area contributed by atoms with Crippen LogP contribution in [0.3, 0.4) is 0 Å². The number of nitrogens with zero attached hydrogens (tertiary/aromatic N) is 2. The fraction of sp³-hybridized carbons (Fsp3) is 0.895. The van der Waals surface area contributed by atoms with Gasteiger partial charge in [-0.2, -0.15) is 0 Å². The second-order valence-electron chi connectivity index (χ2n) is 8.54. The van der Waals surface area contributed by atoms with E-state index < -0.39 is 11.2 Å². The smallest absolute Gasteiger partial charge is 0.410 e. The van der Waals surface area contributed by atoms with E-state index in [1.165, 1.54) is 0 Å². The van der Waals surface area contributed by atoms with E-state index >= 15 is 0 Å². The zero-order valence-corrected chi connectivity index (χ0v) is 16.8. The first-order valence-electron chi connectivity index (χ1n) is 9.96. The van der Waals surface area contributed by atoms with Crippen molar-refractivity contribution in [1.29, 1.82) is 0 Å². The van der Waals surface area contributed by atoms with Crippen molar-refractivity contribution in [3.8, 4) is 0 Å². The fourth-order valence-corrected chi connectivity index (χ4v) is 3.52. The lowest BCUT2D eigenvalue weighted by Crippen LogP contribution is -2.53. The van der Waals surface area contributed by atoms with Gasteiger partial charge >= 0.3 is 6.09 Å². The van der Waals surface area contributed by atoms with Gasteiger partial charge < -0.3 is 25.4 Å². The van der Waals surface area contributed by atoms with E-state index in [2.05, 4.69) is 15.6 Å². The van der Waals surface area contributed by atoms with Gasteiger partial charge in [-0.05, 0) is 53.4 Å². The van der Waals surface area contributed by atoms with Crippen LogP contribution in [0.25, 0.3) is 0 Å². The summed E-state index contributed by atoms with van der Waals surface area (Å²) in [5.41, 5.74) is -1.14. The first-order chi connectivity index (χ1) is 12.2. The van der Waals surface area contributed by atoms with Crippen molar-refractivity contribution >= 4 is 12.1 Å². The molecule has 150 valence electrons. The third-order valence-corrected chi connectivity index (χ3v) is 4.82. The minimum atomic E-state index is -0.655. The number of ether oxygens (including phenoxy) is 1. The molecule has 0 spiro atoms. The van der Waals surface area contributed by atoms with Gasteiger partial charge in [-0.25, -0.2) is 4.79 Å². The number of hydrogen-bond acceptors (Lipinski definition) is 4. The Labute approximate surface area is 157 Å². The minimum absolute atomic E-state index is 0.132. The molecule has 1 saturated carbocycles. The number of nitrogens with one attached hydrogen (secondary N) is 2. The Morgan fingerprint density at radius 3 is 2.62 bits per heavy atom. The summed E-state index contributed by atoms with van der Waals surface area (Å²) in [4.78, 5) is 18.7. The summed E-state index contributed by atoms with van der Waals surface area (Å²) >= 11 is 0. The molecule has 7 nitrogen and oxygen atoms in total. The van der Waals surface area contributed by atoms with Crippen LogP contribution in [0.15, 0.2) is 4.99 Å². The maximum absolute atomic E-state index is 12.3.